The van der Waals surface area contributed by atoms with Crippen LogP contribution in [0.3, 0.4) is 0 Å². The molecule has 3 rings (SSSR count). The van der Waals surface area contributed by atoms with Gasteiger partial charge in [-0.3, -0.25) is 4.79 Å². The van der Waals surface area contributed by atoms with E-state index in [-0.39, 0.29) is 16.8 Å². The summed E-state index contributed by atoms with van der Waals surface area (Å²) in [5, 5.41) is 3.01. The van der Waals surface area contributed by atoms with E-state index in [1.165, 1.54) is 10.4 Å². The smallest absolute Gasteiger partial charge is 0.251 e. The number of nitrogens with zero attached hydrogens (tertiary/aromatic N) is 1. The van der Waals surface area contributed by atoms with Gasteiger partial charge in [0.25, 0.3) is 5.91 Å². The number of hydrogen-bond acceptors (Lipinski definition) is 4. The van der Waals surface area contributed by atoms with Crippen molar-refractivity contribution >= 4 is 15.9 Å². The molecule has 2 aliphatic rings. The minimum absolute atomic E-state index is 0.0929. The van der Waals surface area contributed by atoms with E-state index in [1.54, 1.807) is 12.1 Å². The maximum absolute atomic E-state index is 13.0. The van der Waals surface area contributed by atoms with Gasteiger partial charge in [0, 0.05) is 24.7 Å². The number of hydrogen-bond donors (Lipinski definition) is 1. The van der Waals surface area contributed by atoms with Crippen molar-refractivity contribution in [2.45, 2.75) is 56.4 Å². The van der Waals surface area contributed by atoms with E-state index in [2.05, 4.69) is 5.32 Å². The van der Waals surface area contributed by atoms with Gasteiger partial charge in [-0.25, -0.2) is 8.42 Å². The van der Waals surface area contributed by atoms with Gasteiger partial charge in [0.05, 0.1) is 6.61 Å². The van der Waals surface area contributed by atoms with Crippen LogP contribution in [0, 0.1) is 0 Å². The maximum atomic E-state index is 13.0. The molecular formula is C18H26N2O4S. The number of rotatable bonds is 6. The summed E-state index contributed by atoms with van der Waals surface area (Å²) in [6.07, 6.45) is 5.96. The molecule has 1 heterocycles. The molecule has 0 aromatic heterocycles. The van der Waals surface area contributed by atoms with Crippen LogP contribution in [-0.2, 0) is 10.0 Å². The predicted octanol–water partition coefficient (Wildman–Crippen LogP) is 2.54. The van der Waals surface area contributed by atoms with Crippen LogP contribution in [0.5, 0.6) is 5.75 Å². The quantitative estimate of drug-likeness (QED) is 0.839. The molecule has 1 aromatic rings. The molecule has 138 valence electrons. The summed E-state index contributed by atoms with van der Waals surface area (Å²) in [5.41, 5.74) is 0.369. The summed E-state index contributed by atoms with van der Waals surface area (Å²) in [5.74, 6) is 0.0969. The van der Waals surface area contributed by atoms with Crippen molar-refractivity contribution in [1.29, 1.82) is 0 Å². The Morgan fingerprint density at radius 1 is 1.20 bits per heavy atom. The molecule has 1 aromatic carbocycles. The number of amides is 1. The summed E-state index contributed by atoms with van der Waals surface area (Å²) >= 11 is 0. The standard InChI is InChI=1S/C18H26N2O4S/c1-2-24-16-10-9-14(18(21)19-15-7-3-4-8-15)13-17(16)25(22,23)20-11-5-6-12-20/h9-10,13,15H,2-8,11-12H2,1H3,(H,19,21). The van der Waals surface area contributed by atoms with Crippen LogP contribution >= 0.6 is 0 Å². The van der Waals surface area contributed by atoms with Crippen LogP contribution in [0.25, 0.3) is 0 Å². The fourth-order valence-corrected chi connectivity index (χ4v) is 5.21. The van der Waals surface area contributed by atoms with Gasteiger partial charge in [0.2, 0.25) is 10.0 Å². The van der Waals surface area contributed by atoms with Crippen LogP contribution in [0.2, 0.25) is 0 Å². The number of nitrogens with one attached hydrogen (secondary N) is 1. The molecule has 25 heavy (non-hydrogen) atoms. The molecule has 2 fully saturated rings. The summed E-state index contributed by atoms with van der Waals surface area (Å²) in [7, 11) is -3.65. The first-order valence-corrected chi connectivity index (χ1v) is 10.5. The molecule has 1 saturated carbocycles. The van der Waals surface area contributed by atoms with Gasteiger partial charge in [-0.2, -0.15) is 4.31 Å². The monoisotopic (exact) mass is 366 g/mol. The van der Waals surface area contributed by atoms with Crippen LogP contribution in [0.4, 0.5) is 0 Å². The van der Waals surface area contributed by atoms with E-state index >= 15 is 0 Å². The van der Waals surface area contributed by atoms with Gasteiger partial charge in [-0.05, 0) is 50.8 Å². The zero-order valence-corrected chi connectivity index (χ0v) is 15.5. The second-order valence-electron chi connectivity index (χ2n) is 6.66. The first-order chi connectivity index (χ1) is 12.0. The normalized spacial score (nSPS) is 19.2. The summed E-state index contributed by atoms with van der Waals surface area (Å²) in [4.78, 5) is 12.6. The molecule has 1 amide bonds. The molecule has 0 unspecified atom stereocenters. The Kier molecular flexibility index (Phi) is 5.64. The molecule has 1 saturated heterocycles. The lowest BCUT2D eigenvalue weighted by atomic mass is 10.1. The molecule has 1 aliphatic heterocycles. The van der Waals surface area contributed by atoms with E-state index in [0.717, 1.165) is 38.5 Å². The van der Waals surface area contributed by atoms with E-state index in [4.69, 9.17) is 4.74 Å². The fourth-order valence-electron chi connectivity index (χ4n) is 3.53. The van der Waals surface area contributed by atoms with E-state index in [1.807, 2.05) is 6.92 Å². The Morgan fingerprint density at radius 2 is 1.88 bits per heavy atom. The van der Waals surface area contributed by atoms with Crippen molar-refractivity contribution in [1.82, 2.24) is 9.62 Å². The first-order valence-electron chi connectivity index (χ1n) is 9.10. The van der Waals surface area contributed by atoms with Gasteiger partial charge >= 0.3 is 0 Å². The third-order valence-corrected chi connectivity index (χ3v) is 6.80. The Balaban J connectivity index is 1.90. The van der Waals surface area contributed by atoms with Gasteiger partial charge in [0.1, 0.15) is 10.6 Å². The minimum Gasteiger partial charge on any atom is -0.492 e. The topological polar surface area (TPSA) is 75.7 Å². The Labute approximate surface area is 149 Å². The largest absolute Gasteiger partial charge is 0.492 e. The fraction of sp³-hybridized carbons (Fsp3) is 0.611. The maximum Gasteiger partial charge on any atom is 0.251 e. The van der Waals surface area contributed by atoms with Crippen molar-refractivity contribution in [2.24, 2.45) is 0 Å². The third-order valence-electron chi connectivity index (χ3n) is 4.88. The van der Waals surface area contributed by atoms with Gasteiger partial charge in [-0.1, -0.05) is 12.8 Å². The highest BCUT2D eigenvalue weighted by molar-refractivity contribution is 7.89. The Morgan fingerprint density at radius 3 is 2.52 bits per heavy atom. The van der Waals surface area contributed by atoms with Crippen molar-refractivity contribution in [2.75, 3.05) is 19.7 Å². The molecular weight excluding hydrogens is 340 g/mol. The Hall–Kier alpha value is -1.60. The number of sulfonamides is 1. The third kappa shape index (κ3) is 3.98. The zero-order valence-electron chi connectivity index (χ0n) is 14.7. The van der Waals surface area contributed by atoms with Crippen molar-refractivity contribution in [3.8, 4) is 5.75 Å². The van der Waals surface area contributed by atoms with Gasteiger partial charge in [-0.15, -0.1) is 0 Å². The van der Waals surface area contributed by atoms with Crippen LogP contribution in [-0.4, -0.2) is 44.4 Å². The number of carbonyl (C=O) groups excluding carboxylic acids is 1. The van der Waals surface area contributed by atoms with Crippen LogP contribution in [0.1, 0.15) is 55.8 Å². The number of benzene rings is 1. The molecule has 0 bridgehead atoms. The first kappa shape index (κ1) is 18.2. The van der Waals surface area contributed by atoms with Gasteiger partial charge < -0.3 is 10.1 Å². The second kappa shape index (κ2) is 7.74. The zero-order chi connectivity index (χ0) is 17.9. The number of ether oxygens (including phenoxy) is 1. The average molecular weight is 366 g/mol. The van der Waals surface area contributed by atoms with Crippen molar-refractivity contribution in [3.63, 3.8) is 0 Å². The second-order valence-corrected chi connectivity index (χ2v) is 8.57. The summed E-state index contributed by atoms with van der Waals surface area (Å²) < 4.78 is 32.9. The summed E-state index contributed by atoms with van der Waals surface area (Å²) in [6.45, 7) is 3.22. The molecule has 0 atom stereocenters. The number of carbonyl (C=O) groups is 1. The molecule has 0 spiro atoms. The predicted molar refractivity (Wildman–Crippen MR) is 95.3 cm³/mol. The lowest BCUT2D eigenvalue weighted by Crippen LogP contribution is -2.33. The highest BCUT2D eigenvalue weighted by Gasteiger charge is 2.31. The van der Waals surface area contributed by atoms with Crippen LogP contribution < -0.4 is 10.1 Å². The molecule has 1 aliphatic carbocycles. The molecule has 1 N–H and O–H groups in total. The van der Waals surface area contributed by atoms with Crippen LogP contribution in [0.15, 0.2) is 23.1 Å². The van der Waals surface area contributed by atoms with E-state index in [9.17, 15) is 13.2 Å². The van der Waals surface area contributed by atoms with E-state index < -0.39 is 10.0 Å². The van der Waals surface area contributed by atoms with Crippen molar-refractivity contribution in [3.05, 3.63) is 23.8 Å². The lowest BCUT2D eigenvalue weighted by Gasteiger charge is -2.19. The highest BCUT2D eigenvalue weighted by atomic mass is 32.2. The summed E-state index contributed by atoms with van der Waals surface area (Å²) in [6, 6.07) is 4.88. The SMILES string of the molecule is CCOc1ccc(C(=O)NC2CCCC2)cc1S(=O)(=O)N1CCCC1. The molecule has 0 radical (unpaired) electrons. The van der Waals surface area contributed by atoms with Gasteiger partial charge in [0.15, 0.2) is 0 Å². The lowest BCUT2D eigenvalue weighted by molar-refractivity contribution is 0.0937. The van der Waals surface area contributed by atoms with Crippen molar-refractivity contribution < 1.29 is 17.9 Å². The highest BCUT2D eigenvalue weighted by Crippen LogP contribution is 2.30. The molecule has 7 heteroatoms. The molecule has 6 nitrogen and oxygen atoms in total. The minimum atomic E-state index is -3.65. The van der Waals surface area contributed by atoms with E-state index in [0.29, 0.717) is 31.0 Å². The Bertz CT molecular complexity index is 721. The average Bonchev–Trinajstić information content (AvgIpc) is 3.29.